The summed E-state index contributed by atoms with van der Waals surface area (Å²) < 4.78 is 6.22. The molecule has 0 N–H and O–H groups in total. The highest BCUT2D eigenvalue weighted by atomic mass is 15.2. The predicted octanol–water partition coefficient (Wildman–Crippen LogP) is 2.37. The Morgan fingerprint density at radius 1 is 0.950 bits per heavy atom. The molecule has 0 unspecified atom stereocenters. The van der Waals surface area contributed by atoms with E-state index < -0.39 is 0 Å². The Morgan fingerprint density at radius 2 is 1.80 bits per heavy atom. The average Bonchev–Trinajstić information content (AvgIpc) is 3.18. The van der Waals surface area contributed by atoms with Crippen molar-refractivity contribution in [2.24, 2.45) is 0 Å². The smallest absolute Gasteiger partial charge is 0.146 e. The maximum atomic E-state index is 4.74. The number of hydrogen-bond acceptors (Lipinski definition) is 2. The van der Waals surface area contributed by atoms with Crippen LogP contribution in [0.4, 0.5) is 0 Å². The first-order chi connectivity index (χ1) is 9.92. The Labute approximate surface area is 115 Å². The second-order valence-corrected chi connectivity index (χ2v) is 4.64. The van der Waals surface area contributed by atoms with Gasteiger partial charge in [0.05, 0.1) is 12.9 Å². The lowest BCUT2D eigenvalue weighted by Gasteiger charge is -2.06. The van der Waals surface area contributed by atoms with Crippen LogP contribution >= 0.6 is 0 Å². The van der Waals surface area contributed by atoms with Crippen LogP contribution in [-0.2, 0) is 6.54 Å². The lowest BCUT2D eigenvalue weighted by atomic mass is 10.4. The van der Waals surface area contributed by atoms with Crippen LogP contribution in [0.25, 0.3) is 11.5 Å². The monoisotopic (exact) mass is 263 g/mol. The Balaban J connectivity index is 1.93. The highest BCUT2D eigenvalue weighted by Gasteiger charge is 2.13. The zero-order valence-electron chi connectivity index (χ0n) is 10.8. The van der Waals surface area contributed by atoms with E-state index in [1.165, 1.54) is 0 Å². The standard InChI is InChI=1S/C15H13N5/c1-2-9-20-14(5-1)17-13(11-18-10-6-16-12-18)15(20)19-7-3-4-8-19/h1-10,12H,11H2. The topological polar surface area (TPSA) is 40.0 Å². The normalized spacial score (nSPS) is 11.2. The summed E-state index contributed by atoms with van der Waals surface area (Å²) in [6.45, 7) is 0.704. The lowest BCUT2D eigenvalue weighted by molar-refractivity contribution is 0.768. The number of rotatable bonds is 3. The quantitative estimate of drug-likeness (QED) is 0.569. The van der Waals surface area contributed by atoms with Crippen LogP contribution in [0.15, 0.2) is 67.6 Å². The highest BCUT2D eigenvalue weighted by Crippen LogP contribution is 2.18. The number of fused-ring (bicyclic) bond motifs is 1. The number of imidazole rings is 2. The van der Waals surface area contributed by atoms with Crippen LogP contribution in [0.2, 0.25) is 0 Å². The maximum Gasteiger partial charge on any atom is 0.146 e. The van der Waals surface area contributed by atoms with Gasteiger partial charge in [0.15, 0.2) is 0 Å². The molecule has 98 valence electrons. The molecule has 4 heterocycles. The fourth-order valence-electron chi connectivity index (χ4n) is 2.44. The lowest BCUT2D eigenvalue weighted by Crippen LogP contribution is -2.04. The second-order valence-electron chi connectivity index (χ2n) is 4.64. The third-order valence-electron chi connectivity index (χ3n) is 3.31. The summed E-state index contributed by atoms with van der Waals surface area (Å²) in [6.07, 6.45) is 11.6. The fraction of sp³-hybridized carbons (Fsp3) is 0.0667. The zero-order valence-corrected chi connectivity index (χ0v) is 10.8. The number of pyridine rings is 1. The summed E-state index contributed by atoms with van der Waals surface area (Å²) in [5.74, 6) is 1.07. The molecule has 0 saturated heterocycles. The third-order valence-corrected chi connectivity index (χ3v) is 3.31. The molecule has 0 aliphatic heterocycles. The maximum absolute atomic E-state index is 4.74. The van der Waals surface area contributed by atoms with Gasteiger partial charge in [-0.3, -0.25) is 4.40 Å². The van der Waals surface area contributed by atoms with Crippen molar-refractivity contribution >= 4 is 5.65 Å². The molecular weight excluding hydrogens is 250 g/mol. The van der Waals surface area contributed by atoms with Crippen molar-refractivity contribution in [3.63, 3.8) is 0 Å². The zero-order chi connectivity index (χ0) is 13.4. The van der Waals surface area contributed by atoms with Crippen molar-refractivity contribution in [3.05, 3.63) is 73.3 Å². The predicted molar refractivity (Wildman–Crippen MR) is 75.8 cm³/mol. The number of nitrogens with zero attached hydrogens (tertiary/aromatic N) is 5. The van der Waals surface area contributed by atoms with Crippen molar-refractivity contribution in [1.82, 2.24) is 23.5 Å². The molecule has 0 spiro atoms. The minimum atomic E-state index is 0.704. The van der Waals surface area contributed by atoms with E-state index in [-0.39, 0.29) is 0 Å². The van der Waals surface area contributed by atoms with Gasteiger partial charge in [0.1, 0.15) is 17.2 Å². The Morgan fingerprint density at radius 3 is 2.60 bits per heavy atom. The summed E-state index contributed by atoms with van der Waals surface area (Å²) in [5.41, 5.74) is 1.97. The summed E-state index contributed by atoms with van der Waals surface area (Å²) in [6, 6.07) is 10.1. The van der Waals surface area contributed by atoms with Crippen molar-refractivity contribution in [1.29, 1.82) is 0 Å². The van der Waals surface area contributed by atoms with Crippen molar-refractivity contribution in [2.45, 2.75) is 6.54 Å². The van der Waals surface area contributed by atoms with E-state index in [1.807, 2.05) is 66.0 Å². The molecule has 0 aromatic carbocycles. The van der Waals surface area contributed by atoms with E-state index in [0.29, 0.717) is 6.54 Å². The first-order valence-electron chi connectivity index (χ1n) is 6.47. The molecule has 0 bridgehead atoms. The fourth-order valence-corrected chi connectivity index (χ4v) is 2.44. The molecule has 0 atom stereocenters. The van der Waals surface area contributed by atoms with Crippen molar-refractivity contribution < 1.29 is 0 Å². The van der Waals surface area contributed by atoms with Gasteiger partial charge < -0.3 is 9.13 Å². The summed E-state index contributed by atoms with van der Waals surface area (Å²) in [7, 11) is 0. The first-order valence-corrected chi connectivity index (χ1v) is 6.47. The van der Waals surface area contributed by atoms with E-state index in [1.54, 1.807) is 6.20 Å². The van der Waals surface area contributed by atoms with Gasteiger partial charge in [-0.1, -0.05) is 6.07 Å². The molecular formula is C15H13N5. The van der Waals surface area contributed by atoms with Gasteiger partial charge in [-0.15, -0.1) is 0 Å². The van der Waals surface area contributed by atoms with Crippen LogP contribution in [0, 0.1) is 0 Å². The van der Waals surface area contributed by atoms with E-state index >= 15 is 0 Å². The van der Waals surface area contributed by atoms with Gasteiger partial charge in [-0.2, -0.15) is 0 Å². The summed E-state index contributed by atoms with van der Waals surface area (Å²) in [4.78, 5) is 8.82. The van der Waals surface area contributed by atoms with Gasteiger partial charge in [0.25, 0.3) is 0 Å². The molecule has 5 nitrogen and oxygen atoms in total. The molecule has 0 aliphatic rings. The van der Waals surface area contributed by atoms with E-state index in [0.717, 1.165) is 17.2 Å². The molecule has 0 aliphatic carbocycles. The van der Waals surface area contributed by atoms with Crippen LogP contribution in [0.5, 0.6) is 0 Å². The van der Waals surface area contributed by atoms with Crippen molar-refractivity contribution in [2.75, 3.05) is 0 Å². The summed E-state index contributed by atoms with van der Waals surface area (Å²) in [5, 5.41) is 0. The second kappa shape index (κ2) is 4.38. The Bertz CT molecular complexity index is 825. The van der Waals surface area contributed by atoms with Crippen LogP contribution < -0.4 is 0 Å². The highest BCUT2D eigenvalue weighted by molar-refractivity contribution is 5.49. The first kappa shape index (κ1) is 11.0. The summed E-state index contributed by atoms with van der Waals surface area (Å²) >= 11 is 0. The van der Waals surface area contributed by atoms with E-state index in [2.05, 4.69) is 14.0 Å². The molecule has 0 amide bonds. The molecule has 4 rings (SSSR count). The van der Waals surface area contributed by atoms with E-state index in [4.69, 9.17) is 4.98 Å². The molecule has 0 fully saturated rings. The van der Waals surface area contributed by atoms with E-state index in [9.17, 15) is 0 Å². The molecule has 20 heavy (non-hydrogen) atoms. The van der Waals surface area contributed by atoms with Gasteiger partial charge >= 0.3 is 0 Å². The largest absolute Gasteiger partial charge is 0.331 e. The molecule has 0 radical (unpaired) electrons. The Kier molecular flexibility index (Phi) is 2.42. The van der Waals surface area contributed by atoms with Gasteiger partial charge in [-0.05, 0) is 24.3 Å². The third kappa shape index (κ3) is 1.72. The molecule has 0 saturated carbocycles. The Hall–Kier alpha value is -2.82. The number of hydrogen-bond donors (Lipinski definition) is 0. The molecule has 4 aromatic heterocycles. The van der Waals surface area contributed by atoms with Crippen molar-refractivity contribution in [3.8, 4) is 5.82 Å². The van der Waals surface area contributed by atoms with Crippen LogP contribution in [0.3, 0.4) is 0 Å². The average molecular weight is 263 g/mol. The number of aromatic nitrogens is 5. The molecule has 5 heteroatoms. The SMILES string of the molecule is c1ccn2c(-n3cccc3)c(Cn3ccnc3)nc2c1. The van der Waals surface area contributed by atoms with Crippen LogP contribution in [-0.4, -0.2) is 23.5 Å². The minimum absolute atomic E-state index is 0.704. The van der Waals surface area contributed by atoms with Gasteiger partial charge in [0.2, 0.25) is 0 Å². The van der Waals surface area contributed by atoms with Crippen LogP contribution in [0.1, 0.15) is 5.69 Å². The van der Waals surface area contributed by atoms with Gasteiger partial charge in [-0.25, -0.2) is 9.97 Å². The van der Waals surface area contributed by atoms with Gasteiger partial charge in [0, 0.05) is 31.0 Å². The molecule has 4 aromatic rings. The minimum Gasteiger partial charge on any atom is -0.331 e.